The van der Waals surface area contributed by atoms with E-state index in [0.29, 0.717) is 11.4 Å². The van der Waals surface area contributed by atoms with Crippen LogP contribution in [0.4, 0.5) is 14.5 Å². The van der Waals surface area contributed by atoms with E-state index in [9.17, 15) is 13.6 Å². The average molecular weight is 295 g/mol. The fourth-order valence-electron chi connectivity index (χ4n) is 1.24. The van der Waals surface area contributed by atoms with E-state index in [1.807, 2.05) is 0 Å². The maximum absolute atomic E-state index is 12.1. The Morgan fingerprint density at radius 1 is 1.47 bits per heavy atom. The van der Waals surface area contributed by atoms with Gasteiger partial charge in [-0.3, -0.25) is 4.79 Å². The molecule has 0 aromatic heterocycles. The number of carbonyl (C=O) groups is 1. The molecule has 1 amide bonds. The summed E-state index contributed by atoms with van der Waals surface area (Å²) in [6, 6.07) is 4.19. The highest BCUT2D eigenvalue weighted by atomic mass is 35.5. The van der Waals surface area contributed by atoms with Gasteiger partial charge in [-0.15, -0.1) is 12.4 Å². The zero-order chi connectivity index (χ0) is 13.7. The minimum atomic E-state index is -2.54. The van der Waals surface area contributed by atoms with Crippen LogP contribution in [0.2, 0.25) is 0 Å². The smallest absolute Gasteiger partial charge is 0.272 e. The Morgan fingerprint density at radius 2 is 2.11 bits per heavy atom. The second kappa shape index (κ2) is 7.91. The summed E-state index contributed by atoms with van der Waals surface area (Å²) < 4.78 is 29.1. The third kappa shape index (κ3) is 5.85. The Morgan fingerprint density at radius 3 is 2.63 bits per heavy atom. The van der Waals surface area contributed by atoms with Gasteiger partial charge in [-0.1, -0.05) is 6.07 Å². The molecule has 0 radical (unpaired) electrons. The normalized spacial score (nSPS) is 11.7. The summed E-state index contributed by atoms with van der Waals surface area (Å²) in [5, 5.41) is 2.57. The molecule has 0 aliphatic carbocycles. The fraction of sp³-hybridized carbons (Fsp3) is 0.417. The van der Waals surface area contributed by atoms with Gasteiger partial charge in [0.05, 0.1) is 6.04 Å². The number of rotatable bonds is 5. The van der Waals surface area contributed by atoms with Crippen molar-refractivity contribution in [3.63, 3.8) is 0 Å². The molecule has 1 aromatic rings. The topological polar surface area (TPSA) is 64.4 Å². The van der Waals surface area contributed by atoms with Gasteiger partial charge in [-0.25, -0.2) is 8.78 Å². The van der Waals surface area contributed by atoms with Crippen LogP contribution < -0.4 is 15.8 Å². The van der Waals surface area contributed by atoms with Gasteiger partial charge in [0, 0.05) is 11.8 Å². The van der Waals surface area contributed by atoms with Crippen LogP contribution in [-0.4, -0.2) is 25.0 Å². The van der Waals surface area contributed by atoms with Crippen molar-refractivity contribution in [2.24, 2.45) is 5.73 Å². The predicted molar refractivity (Wildman–Crippen MR) is 72.2 cm³/mol. The van der Waals surface area contributed by atoms with Crippen molar-refractivity contribution in [3.05, 3.63) is 23.8 Å². The first-order valence-electron chi connectivity index (χ1n) is 5.48. The summed E-state index contributed by atoms with van der Waals surface area (Å²) in [5.74, 6) is -0.0311. The lowest BCUT2D eigenvalue weighted by molar-refractivity contribution is -0.117. The zero-order valence-electron chi connectivity index (χ0n) is 10.7. The van der Waals surface area contributed by atoms with Gasteiger partial charge in [0.25, 0.3) is 6.43 Å². The molecular formula is C12H17ClF2N2O2. The summed E-state index contributed by atoms with van der Waals surface area (Å²) in [6.45, 7) is 2.61. The Balaban J connectivity index is 0.00000324. The first-order chi connectivity index (χ1) is 8.40. The summed E-state index contributed by atoms with van der Waals surface area (Å²) in [7, 11) is 0. The first kappa shape index (κ1) is 17.6. The van der Waals surface area contributed by atoms with Gasteiger partial charge >= 0.3 is 0 Å². The Hall–Kier alpha value is -1.40. The van der Waals surface area contributed by atoms with E-state index in [-0.39, 0.29) is 18.3 Å². The number of ether oxygens (including phenoxy) is 1. The van der Waals surface area contributed by atoms with Crippen LogP contribution in [0.5, 0.6) is 5.75 Å². The van der Waals surface area contributed by atoms with Crippen molar-refractivity contribution in [3.8, 4) is 5.75 Å². The number of nitrogens with two attached hydrogens (primary N) is 1. The highest BCUT2D eigenvalue weighted by Gasteiger charge is 2.10. The number of anilines is 1. The average Bonchev–Trinajstić information content (AvgIpc) is 2.29. The second-order valence-electron chi connectivity index (χ2n) is 3.96. The third-order valence-electron chi connectivity index (χ3n) is 2.23. The van der Waals surface area contributed by atoms with E-state index in [0.717, 1.165) is 5.56 Å². The van der Waals surface area contributed by atoms with Crippen molar-refractivity contribution in [1.82, 2.24) is 0 Å². The van der Waals surface area contributed by atoms with Crippen molar-refractivity contribution in [2.75, 3.05) is 11.9 Å². The monoisotopic (exact) mass is 294 g/mol. The van der Waals surface area contributed by atoms with Gasteiger partial charge < -0.3 is 15.8 Å². The van der Waals surface area contributed by atoms with Crippen molar-refractivity contribution in [1.29, 1.82) is 0 Å². The molecular weight excluding hydrogens is 278 g/mol. The maximum atomic E-state index is 12.1. The summed E-state index contributed by atoms with van der Waals surface area (Å²) in [6.07, 6.45) is -2.54. The van der Waals surface area contributed by atoms with Crippen LogP contribution >= 0.6 is 12.4 Å². The Bertz CT molecular complexity index is 428. The number of alkyl halides is 2. The number of aryl methyl sites for hydroxylation is 1. The molecule has 7 heteroatoms. The number of nitrogens with one attached hydrogen (secondary N) is 1. The van der Waals surface area contributed by atoms with Gasteiger partial charge in [0.15, 0.2) is 0 Å². The SMILES string of the molecule is Cc1ccc(NC(=O)[C@H](C)N)cc1OCC(F)F.Cl. The van der Waals surface area contributed by atoms with Crippen molar-refractivity contribution in [2.45, 2.75) is 26.3 Å². The van der Waals surface area contributed by atoms with Crippen molar-refractivity contribution < 1.29 is 18.3 Å². The lowest BCUT2D eigenvalue weighted by Crippen LogP contribution is -2.32. The molecule has 19 heavy (non-hydrogen) atoms. The fourth-order valence-corrected chi connectivity index (χ4v) is 1.24. The molecule has 0 saturated heterocycles. The van der Waals surface area contributed by atoms with Crippen LogP contribution in [0, 0.1) is 6.92 Å². The number of carbonyl (C=O) groups excluding carboxylic acids is 1. The van der Waals surface area contributed by atoms with Crippen LogP contribution in [0.3, 0.4) is 0 Å². The molecule has 1 aromatic carbocycles. The van der Waals surface area contributed by atoms with Crippen LogP contribution in [0.1, 0.15) is 12.5 Å². The molecule has 3 N–H and O–H groups in total. The third-order valence-corrected chi connectivity index (χ3v) is 2.23. The first-order valence-corrected chi connectivity index (χ1v) is 5.48. The number of hydrogen-bond acceptors (Lipinski definition) is 3. The zero-order valence-corrected chi connectivity index (χ0v) is 11.5. The highest BCUT2D eigenvalue weighted by Crippen LogP contribution is 2.23. The molecule has 108 valence electrons. The molecule has 0 fully saturated rings. The number of benzene rings is 1. The predicted octanol–water partition coefficient (Wildman–Crippen LogP) is 2.35. The molecule has 0 spiro atoms. The van der Waals surface area contributed by atoms with E-state index >= 15 is 0 Å². The summed E-state index contributed by atoms with van der Waals surface area (Å²) in [4.78, 5) is 11.4. The molecule has 0 unspecified atom stereocenters. The van der Waals surface area contributed by atoms with E-state index in [1.165, 1.54) is 6.07 Å². The number of halogens is 3. The molecule has 1 atom stereocenters. The van der Waals surface area contributed by atoms with Gasteiger partial charge in [-0.2, -0.15) is 0 Å². The van der Waals surface area contributed by atoms with E-state index in [1.54, 1.807) is 26.0 Å². The lowest BCUT2D eigenvalue weighted by Gasteiger charge is -2.12. The molecule has 0 aliphatic heterocycles. The number of amides is 1. The maximum Gasteiger partial charge on any atom is 0.272 e. The minimum absolute atomic E-state index is 0. The Kier molecular flexibility index (Phi) is 7.33. The quantitative estimate of drug-likeness (QED) is 0.876. The van der Waals surface area contributed by atoms with E-state index in [4.69, 9.17) is 10.5 Å². The van der Waals surface area contributed by atoms with Crippen LogP contribution in [0.15, 0.2) is 18.2 Å². The molecule has 0 saturated carbocycles. The molecule has 0 heterocycles. The lowest BCUT2D eigenvalue weighted by atomic mass is 10.2. The van der Waals surface area contributed by atoms with E-state index < -0.39 is 19.1 Å². The van der Waals surface area contributed by atoms with Crippen LogP contribution in [-0.2, 0) is 4.79 Å². The molecule has 1 rings (SSSR count). The second-order valence-corrected chi connectivity index (χ2v) is 3.96. The van der Waals surface area contributed by atoms with Gasteiger partial charge in [0.2, 0.25) is 5.91 Å². The largest absolute Gasteiger partial charge is 0.487 e. The number of hydrogen-bond donors (Lipinski definition) is 2. The van der Waals surface area contributed by atoms with Gasteiger partial charge in [0.1, 0.15) is 12.4 Å². The van der Waals surface area contributed by atoms with Crippen LogP contribution in [0.25, 0.3) is 0 Å². The highest BCUT2D eigenvalue weighted by molar-refractivity contribution is 5.94. The molecule has 0 aliphatic rings. The molecule has 0 bridgehead atoms. The molecule has 4 nitrogen and oxygen atoms in total. The summed E-state index contributed by atoms with van der Waals surface area (Å²) in [5.41, 5.74) is 6.59. The minimum Gasteiger partial charge on any atom is -0.487 e. The van der Waals surface area contributed by atoms with Gasteiger partial charge in [-0.05, 0) is 25.5 Å². The summed E-state index contributed by atoms with van der Waals surface area (Å²) >= 11 is 0. The Labute approximate surface area is 116 Å². The van der Waals surface area contributed by atoms with Crippen molar-refractivity contribution >= 4 is 24.0 Å². The van der Waals surface area contributed by atoms with E-state index in [2.05, 4.69) is 5.32 Å². The standard InChI is InChI=1S/C12H16F2N2O2.ClH/c1-7-3-4-9(16-12(17)8(2)15)5-10(7)18-6-11(13)14;/h3-5,8,11H,6,15H2,1-2H3,(H,16,17);1H/t8-;/m0./s1.